The SMILES string of the molecule is CNCCC(=O)NC(CC(=O)OC)C1CCCCC1. The maximum Gasteiger partial charge on any atom is 0.307 e. The Morgan fingerprint density at radius 2 is 1.95 bits per heavy atom. The van der Waals surface area contributed by atoms with E-state index in [1.165, 1.54) is 26.4 Å². The molecule has 1 unspecified atom stereocenters. The highest BCUT2D eigenvalue weighted by Gasteiger charge is 2.27. The molecule has 1 aliphatic carbocycles. The number of hydrogen-bond acceptors (Lipinski definition) is 4. The molecule has 0 heterocycles. The number of esters is 1. The Hall–Kier alpha value is -1.10. The van der Waals surface area contributed by atoms with Crippen molar-refractivity contribution in [3.63, 3.8) is 0 Å². The third kappa shape index (κ3) is 6.05. The molecule has 0 aromatic carbocycles. The average molecular weight is 270 g/mol. The van der Waals surface area contributed by atoms with Gasteiger partial charge in [0.25, 0.3) is 0 Å². The van der Waals surface area contributed by atoms with E-state index in [0.717, 1.165) is 12.8 Å². The lowest BCUT2D eigenvalue weighted by Gasteiger charge is -2.30. The summed E-state index contributed by atoms with van der Waals surface area (Å²) in [5.74, 6) is 0.171. The fraction of sp³-hybridized carbons (Fsp3) is 0.857. The topological polar surface area (TPSA) is 67.4 Å². The van der Waals surface area contributed by atoms with Gasteiger partial charge < -0.3 is 15.4 Å². The van der Waals surface area contributed by atoms with Crippen molar-refractivity contribution < 1.29 is 14.3 Å². The van der Waals surface area contributed by atoms with Crippen LogP contribution in [0.25, 0.3) is 0 Å². The van der Waals surface area contributed by atoms with E-state index in [-0.39, 0.29) is 24.3 Å². The number of ether oxygens (including phenoxy) is 1. The molecule has 0 aliphatic heterocycles. The predicted molar refractivity (Wildman–Crippen MR) is 73.7 cm³/mol. The quantitative estimate of drug-likeness (QED) is 0.683. The first-order valence-electron chi connectivity index (χ1n) is 7.18. The second-order valence-corrected chi connectivity index (χ2v) is 5.21. The number of methoxy groups -OCH3 is 1. The fourth-order valence-corrected chi connectivity index (χ4v) is 2.65. The van der Waals surface area contributed by atoms with Crippen LogP contribution in [0.15, 0.2) is 0 Å². The second kappa shape index (κ2) is 8.91. The number of carbonyl (C=O) groups is 2. The van der Waals surface area contributed by atoms with E-state index in [1.807, 2.05) is 7.05 Å². The van der Waals surface area contributed by atoms with Gasteiger partial charge in [0, 0.05) is 19.0 Å². The summed E-state index contributed by atoms with van der Waals surface area (Å²) in [5.41, 5.74) is 0. The van der Waals surface area contributed by atoms with E-state index >= 15 is 0 Å². The van der Waals surface area contributed by atoms with Crippen LogP contribution >= 0.6 is 0 Å². The van der Waals surface area contributed by atoms with Crippen LogP contribution in [0.3, 0.4) is 0 Å². The smallest absolute Gasteiger partial charge is 0.307 e. The minimum atomic E-state index is -0.246. The van der Waals surface area contributed by atoms with E-state index in [4.69, 9.17) is 4.74 Å². The van der Waals surface area contributed by atoms with Gasteiger partial charge in [0.15, 0.2) is 0 Å². The molecule has 1 fully saturated rings. The van der Waals surface area contributed by atoms with Gasteiger partial charge in [-0.05, 0) is 25.8 Å². The zero-order valence-corrected chi connectivity index (χ0v) is 12.0. The van der Waals surface area contributed by atoms with Crippen molar-refractivity contribution in [2.75, 3.05) is 20.7 Å². The molecule has 0 aromatic heterocycles. The van der Waals surface area contributed by atoms with Gasteiger partial charge in [0.2, 0.25) is 5.91 Å². The van der Waals surface area contributed by atoms with Crippen LogP contribution in [0.5, 0.6) is 0 Å². The third-order valence-corrected chi connectivity index (χ3v) is 3.78. The fourth-order valence-electron chi connectivity index (χ4n) is 2.65. The summed E-state index contributed by atoms with van der Waals surface area (Å²) < 4.78 is 4.73. The summed E-state index contributed by atoms with van der Waals surface area (Å²) in [4.78, 5) is 23.3. The summed E-state index contributed by atoms with van der Waals surface area (Å²) in [5, 5.41) is 5.96. The molecule has 19 heavy (non-hydrogen) atoms. The van der Waals surface area contributed by atoms with Crippen molar-refractivity contribution in [2.45, 2.75) is 51.0 Å². The summed E-state index contributed by atoms with van der Waals surface area (Å²) in [6, 6.07) is -0.0721. The molecule has 2 N–H and O–H groups in total. The molecule has 5 nitrogen and oxygen atoms in total. The average Bonchev–Trinajstić information content (AvgIpc) is 2.45. The maximum absolute atomic E-state index is 11.8. The van der Waals surface area contributed by atoms with E-state index in [0.29, 0.717) is 18.9 Å². The van der Waals surface area contributed by atoms with Crippen LogP contribution in [0.4, 0.5) is 0 Å². The molecule has 110 valence electrons. The van der Waals surface area contributed by atoms with Gasteiger partial charge in [-0.15, -0.1) is 0 Å². The van der Waals surface area contributed by atoms with Crippen molar-refractivity contribution in [3.8, 4) is 0 Å². The number of rotatable bonds is 7. The molecule has 1 aliphatic rings. The molecule has 0 spiro atoms. The van der Waals surface area contributed by atoms with Crippen molar-refractivity contribution >= 4 is 11.9 Å². The summed E-state index contributed by atoms with van der Waals surface area (Å²) >= 11 is 0. The predicted octanol–water partition coefficient (Wildman–Crippen LogP) is 1.22. The largest absolute Gasteiger partial charge is 0.469 e. The summed E-state index contributed by atoms with van der Waals surface area (Å²) in [6.45, 7) is 0.654. The highest BCUT2D eigenvalue weighted by Crippen LogP contribution is 2.28. The Morgan fingerprint density at radius 3 is 2.53 bits per heavy atom. The number of hydrogen-bond donors (Lipinski definition) is 2. The molecule has 0 aromatic rings. The van der Waals surface area contributed by atoms with Gasteiger partial charge in [-0.1, -0.05) is 19.3 Å². The molecule has 1 atom stereocenters. The zero-order chi connectivity index (χ0) is 14.1. The van der Waals surface area contributed by atoms with Crippen molar-refractivity contribution in [1.82, 2.24) is 10.6 Å². The Labute approximate surface area is 115 Å². The molecule has 0 radical (unpaired) electrons. The van der Waals surface area contributed by atoms with Crippen LogP contribution in [0.1, 0.15) is 44.9 Å². The van der Waals surface area contributed by atoms with E-state index in [2.05, 4.69) is 10.6 Å². The van der Waals surface area contributed by atoms with E-state index in [9.17, 15) is 9.59 Å². The van der Waals surface area contributed by atoms with Gasteiger partial charge in [-0.25, -0.2) is 0 Å². The second-order valence-electron chi connectivity index (χ2n) is 5.21. The number of carbonyl (C=O) groups excluding carboxylic acids is 2. The van der Waals surface area contributed by atoms with E-state index in [1.54, 1.807) is 0 Å². The lowest BCUT2D eigenvalue weighted by molar-refractivity contribution is -0.141. The van der Waals surface area contributed by atoms with Crippen LogP contribution in [0, 0.1) is 5.92 Å². The van der Waals surface area contributed by atoms with Gasteiger partial charge in [-0.2, -0.15) is 0 Å². The summed E-state index contributed by atoms with van der Waals surface area (Å²) in [7, 11) is 3.21. The van der Waals surface area contributed by atoms with Crippen LogP contribution in [-0.2, 0) is 14.3 Å². The molecular formula is C14H26N2O3. The van der Waals surface area contributed by atoms with Crippen LogP contribution < -0.4 is 10.6 Å². The number of amides is 1. The maximum atomic E-state index is 11.8. The van der Waals surface area contributed by atoms with E-state index < -0.39 is 0 Å². The van der Waals surface area contributed by atoms with Gasteiger partial charge in [0.05, 0.1) is 13.5 Å². The van der Waals surface area contributed by atoms with Crippen molar-refractivity contribution in [3.05, 3.63) is 0 Å². The summed E-state index contributed by atoms with van der Waals surface area (Å²) in [6.07, 6.45) is 6.55. The Balaban J connectivity index is 2.52. The minimum absolute atomic E-state index is 0.00817. The monoisotopic (exact) mass is 270 g/mol. The van der Waals surface area contributed by atoms with Gasteiger partial charge in [-0.3, -0.25) is 9.59 Å². The zero-order valence-electron chi connectivity index (χ0n) is 12.0. The van der Waals surface area contributed by atoms with Crippen LogP contribution in [-0.4, -0.2) is 38.6 Å². The lowest BCUT2D eigenvalue weighted by Crippen LogP contribution is -2.43. The highest BCUT2D eigenvalue weighted by atomic mass is 16.5. The molecule has 0 bridgehead atoms. The Bertz CT molecular complexity index is 288. The standard InChI is InChI=1S/C14H26N2O3/c1-15-9-8-13(17)16-12(10-14(18)19-2)11-6-4-3-5-7-11/h11-12,15H,3-10H2,1-2H3,(H,16,17). The lowest BCUT2D eigenvalue weighted by atomic mass is 9.82. The Morgan fingerprint density at radius 1 is 1.26 bits per heavy atom. The van der Waals surface area contributed by atoms with Gasteiger partial charge >= 0.3 is 5.97 Å². The molecule has 1 rings (SSSR count). The molecular weight excluding hydrogens is 244 g/mol. The first kappa shape index (κ1) is 16.0. The normalized spacial score (nSPS) is 17.8. The number of nitrogens with one attached hydrogen (secondary N) is 2. The van der Waals surface area contributed by atoms with Crippen LogP contribution in [0.2, 0.25) is 0 Å². The van der Waals surface area contributed by atoms with Gasteiger partial charge in [0.1, 0.15) is 0 Å². The van der Waals surface area contributed by atoms with Crippen molar-refractivity contribution in [1.29, 1.82) is 0 Å². The third-order valence-electron chi connectivity index (χ3n) is 3.78. The molecule has 1 amide bonds. The molecule has 1 saturated carbocycles. The Kier molecular flexibility index (Phi) is 7.48. The molecule has 0 saturated heterocycles. The van der Waals surface area contributed by atoms with Crippen molar-refractivity contribution in [2.24, 2.45) is 5.92 Å². The first-order chi connectivity index (χ1) is 9.17. The molecule has 5 heteroatoms. The minimum Gasteiger partial charge on any atom is -0.469 e. The highest BCUT2D eigenvalue weighted by molar-refractivity contribution is 5.77. The first-order valence-corrected chi connectivity index (χ1v) is 7.18.